The molecule has 0 bridgehead atoms. The quantitative estimate of drug-likeness (QED) is 0.849. The van der Waals surface area contributed by atoms with Crippen molar-refractivity contribution in [1.82, 2.24) is 0 Å². The van der Waals surface area contributed by atoms with Crippen LogP contribution in [0.1, 0.15) is 31.9 Å². The highest BCUT2D eigenvalue weighted by Gasteiger charge is 2.29. The van der Waals surface area contributed by atoms with Gasteiger partial charge < -0.3 is 15.4 Å². The number of amides is 1. The normalized spacial score (nSPS) is 20.8. The molecule has 2 N–H and O–H groups in total. The molecule has 2 atom stereocenters. The Labute approximate surface area is 101 Å². The molecule has 1 aromatic rings. The number of benzene rings is 1. The topological polar surface area (TPSA) is 55.6 Å². The number of likely N-dealkylation sites (N-methyl/N-ethyl adjacent to an activating group) is 1. The molecule has 0 radical (unpaired) electrons. The van der Waals surface area contributed by atoms with Crippen molar-refractivity contribution >= 4 is 11.6 Å². The highest BCUT2D eigenvalue weighted by molar-refractivity contribution is 5.99. The number of carbonyl (C=O) groups excluding carboxylic acids is 1. The molecular formula is C13H18N2O2. The lowest BCUT2D eigenvalue weighted by Gasteiger charge is -2.31. The molecule has 17 heavy (non-hydrogen) atoms. The first-order valence-corrected chi connectivity index (χ1v) is 5.88. The van der Waals surface area contributed by atoms with E-state index in [0.717, 1.165) is 23.4 Å². The van der Waals surface area contributed by atoms with Crippen molar-refractivity contribution in [2.75, 3.05) is 11.9 Å². The fourth-order valence-electron chi connectivity index (χ4n) is 1.99. The third-order valence-electron chi connectivity index (χ3n) is 3.19. The summed E-state index contributed by atoms with van der Waals surface area (Å²) in [6, 6.07) is 5.79. The van der Waals surface area contributed by atoms with Gasteiger partial charge in [-0.2, -0.15) is 0 Å². The Bertz CT molecular complexity index is 445. The van der Waals surface area contributed by atoms with Gasteiger partial charge in [-0.05, 0) is 31.0 Å². The molecular weight excluding hydrogens is 216 g/mol. The molecule has 1 aliphatic rings. The van der Waals surface area contributed by atoms with Crippen LogP contribution in [0, 0.1) is 0 Å². The summed E-state index contributed by atoms with van der Waals surface area (Å²) in [5.41, 5.74) is 7.82. The zero-order valence-electron chi connectivity index (χ0n) is 10.4. The second-order valence-electron chi connectivity index (χ2n) is 4.40. The Morgan fingerprint density at radius 1 is 1.53 bits per heavy atom. The van der Waals surface area contributed by atoms with Gasteiger partial charge in [-0.15, -0.1) is 0 Å². The fourth-order valence-corrected chi connectivity index (χ4v) is 1.99. The van der Waals surface area contributed by atoms with E-state index in [2.05, 4.69) is 0 Å². The van der Waals surface area contributed by atoms with Crippen LogP contribution >= 0.6 is 0 Å². The number of nitrogens with two attached hydrogens (primary N) is 1. The maximum Gasteiger partial charge on any atom is 0.267 e. The van der Waals surface area contributed by atoms with E-state index in [0.29, 0.717) is 0 Å². The van der Waals surface area contributed by atoms with Crippen LogP contribution in [0.4, 0.5) is 5.69 Å². The molecule has 0 aromatic heterocycles. The zero-order chi connectivity index (χ0) is 12.6. The maximum atomic E-state index is 11.8. The minimum atomic E-state index is -0.418. The third kappa shape index (κ3) is 2.00. The summed E-state index contributed by atoms with van der Waals surface area (Å²) in [5, 5.41) is 0. The van der Waals surface area contributed by atoms with Crippen molar-refractivity contribution in [2.45, 2.75) is 32.4 Å². The Balaban J connectivity index is 2.42. The molecule has 0 spiro atoms. The fraction of sp³-hybridized carbons (Fsp3) is 0.462. The van der Waals surface area contributed by atoms with Gasteiger partial charge in [0.1, 0.15) is 5.75 Å². The number of carbonyl (C=O) groups is 1. The SMILES string of the molecule is CCC(N)c1ccc2c(c1)N(C)C(=O)C(C)O2. The lowest BCUT2D eigenvalue weighted by Crippen LogP contribution is -2.42. The summed E-state index contributed by atoms with van der Waals surface area (Å²) in [6.45, 7) is 3.80. The van der Waals surface area contributed by atoms with Gasteiger partial charge in [-0.3, -0.25) is 4.79 Å². The molecule has 92 valence electrons. The molecule has 0 aliphatic carbocycles. The largest absolute Gasteiger partial charge is 0.479 e. The van der Waals surface area contributed by atoms with Crippen LogP contribution in [0.2, 0.25) is 0 Å². The van der Waals surface area contributed by atoms with E-state index in [1.165, 1.54) is 0 Å². The van der Waals surface area contributed by atoms with Crippen molar-refractivity contribution in [3.63, 3.8) is 0 Å². The van der Waals surface area contributed by atoms with Crippen molar-refractivity contribution in [2.24, 2.45) is 5.73 Å². The summed E-state index contributed by atoms with van der Waals surface area (Å²) in [5.74, 6) is 0.714. The van der Waals surface area contributed by atoms with Crippen molar-refractivity contribution in [3.05, 3.63) is 23.8 Å². The Morgan fingerprint density at radius 3 is 2.88 bits per heavy atom. The predicted octanol–water partition coefficient (Wildman–Crippen LogP) is 1.84. The van der Waals surface area contributed by atoms with Crippen molar-refractivity contribution in [3.8, 4) is 5.75 Å². The number of fused-ring (bicyclic) bond motifs is 1. The van der Waals surface area contributed by atoms with Gasteiger partial charge in [0.2, 0.25) is 0 Å². The monoisotopic (exact) mass is 234 g/mol. The Hall–Kier alpha value is -1.55. The average molecular weight is 234 g/mol. The number of hydrogen-bond acceptors (Lipinski definition) is 3. The van der Waals surface area contributed by atoms with E-state index in [9.17, 15) is 4.79 Å². The minimum absolute atomic E-state index is 0.00292. The Morgan fingerprint density at radius 2 is 2.24 bits per heavy atom. The molecule has 0 fully saturated rings. The van der Waals surface area contributed by atoms with E-state index in [1.54, 1.807) is 18.9 Å². The second kappa shape index (κ2) is 4.37. The van der Waals surface area contributed by atoms with Crippen molar-refractivity contribution < 1.29 is 9.53 Å². The number of hydrogen-bond donors (Lipinski definition) is 1. The Kier molecular flexibility index (Phi) is 3.07. The van der Waals surface area contributed by atoms with Crippen LogP contribution in [-0.2, 0) is 4.79 Å². The first-order valence-electron chi connectivity index (χ1n) is 5.88. The molecule has 1 heterocycles. The van der Waals surface area contributed by atoms with Gasteiger partial charge in [0.15, 0.2) is 6.10 Å². The summed E-state index contributed by atoms with van der Waals surface area (Å²) in [6.07, 6.45) is 0.450. The lowest BCUT2D eigenvalue weighted by atomic mass is 10.0. The molecule has 2 rings (SSSR count). The van der Waals surface area contributed by atoms with Gasteiger partial charge in [0, 0.05) is 13.1 Å². The smallest absolute Gasteiger partial charge is 0.267 e. The molecule has 4 heteroatoms. The van der Waals surface area contributed by atoms with Crippen LogP contribution in [-0.4, -0.2) is 19.1 Å². The first-order chi connectivity index (χ1) is 8.04. The van der Waals surface area contributed by atoms with Gasteiger partial charge in [0.05, 0.1) is 5.69 Å². The highest BCUT2D eigenvalue weighted by Crippen LogP contribution is 2.35. The minimum Gasteiger partial charge on any atom is -0.479 e. The van der Waals surface area contributed by atoms with Crippen LogP contribution < -0.4 is 15.4 Å². The van der Waals surface area contributed by atoms with Crippen LogP contribution in [0.25, 0.3) is 0 Å². The molecule has 4 nitrogen and oxygen atoms in total. The van der Waals surface area contributed by atoms with E-state index in [4.69, 9.17) is 10.5 Å². The summed E-state index contributed by atoms with van der Waals surface area (Å²) in [7, 11) is 1.77. The van der Waals surface area contributed by atoms with Crippen LogP contribution in [0.3, 0.4) is 0 Å². The number of rotatable bonds is 2. The number of anilines is 1. The number of ether oxygens (including phenoxy) is 1. The van der Waals surface area contributed by atoms with Crippen LogP contribution in [0.5, 0.6) is 5.75 Å². The van der Waals surface area contributed by atoms with Crippen molar-refractivity contribution in [1.29, 1.82) is 0 Å². The standard InChI is InChI=1S/C13H18N2O2/c1-4-10(14)9-5-6-12-11(7-9)15(3)13(16)8(2)17-12/h5-8,10H,4,14H2,1-3H3. The van der Waals surface area contributed by atoms with Gasteiger partial charge >= 0.3 is 0 Å². The molecule has 0 saturated carbocycles. The van der Waals surface area contributed by atoms with Gasteiger partial charge in [0.25, 0.3) is 5.91 Å². The third-order valence-corrected chi connectivity index (χ3v) is 3.19. The van der Waals surface area contributed by atoms with E-state index in [1.807, 2.05) is 25.1 Å². The predicted molar refractivity (Wildman–Crippen MR) is 67.2 cm³/mol. The molecule has 1 aromatic carbocycles. The number of nitrogens with zero attached hydrogens (tertiary/aromatic N) is 1. The molecule has 1 aliphatic heterocycles. The van der Waals surface area contributed by atoms with E-state index < -0.39 is 6.10 Å². The van der Waals surface area contributed by atoms with Gasteiger partial charge in [-0.1, -0.05) is 13.0 Å². The average Bonchev–Trinajstić information content (AvgIpc) is 2.35. The van der Waals surface area contributed by atoms with Gasteiger partial charge in [-0.25, -0.2) is 0 Å². The van der Waals surface area contributed by atoms with E-state index >= 15 is 0 Å². The van der Waals surface area contributed by atoms with E-state index in [-0.39, 0.29) is 11.9 Å². The molecule has 1 amide bonds. The summed E-state index contributed by atoms with van der Waals surface area (Å²) in [4.78, 5) is 13.4. The zero-order valence-corrected chi connectivity index (χ0v) is 10.4. The maximum absolute atomic E-state index is 11.8. The highest BCUT2D eigenvalue weighted by atomic mass is 16.5. The van der Waals surface area contributed by atoms with Crippen LogP contribution in [0.15, 0.2) is 18.2 Å². The lowest BCUT2D eigenvalue weighted by molar-refractivity contribution is -0.125. The first kappa shape index (κ1) is 11.9. The second-order valence-corrected chi connectivity index (χ2v) is 4.40. The summed E-state index contributed by atoms with van der Waals surface area (Å²) >= 11 is 0. The molecule has 2 unspecified atom stereocenters. The summed E-state index contributed by atoms with van der Waals surface area (Å²) < 4.78 is 5.55. The molecule has 0 saturated heterocycles.